The fraction of sp³-hybridized carbons (Fsp3) is 0.263. The Balaban J connectivity index is 1.72. The summed E-state index contributed by atoms with van der Waals surface area (Å²) in [5, 5.41) is 5.81. The fourth-order valence-corrected chi connectivity index (χ4v) is 3.59. The van der Waals surface area contributed by atoms with Gasteiger partial charge in [0, 0.05) is 27.3 Å². The van der Waals surface area contributed by atoms with Crippen molar-refractivity contribution >= 4 is 28.2 Å². The highest BCUT2D eigenvalue weighted by Gasteiger charge is 2.24. The molecule has 2 aromatic carbocycles. The molecule has 3 aromatic rings. The van der Waals surface area contributed by atoms with E-state index in [0.29, 0.717) is 6.04 Å². The van der Waals surface area contributed by atoms with Crippen LogP contribution >= 0.6 is 11.6 Å². The second-order valence-corrected chi connectivity index (χ2v) is 6.60. The van der Waals surface area contributed by atoms with Crippen LogP contribution in [0.2, 0.25) is 5.02 Å². The maximum absolute atomic E-state index is 5.97. The Bertz CT molecular complexity index is 817. The molecular formula is C19H19ClN2. The van der Waals surface area contributed by atoms with Gasteiger partial charge in [-0.25, -0.2) is 0 Å². The van der Waals surface area contributed by atoms with Crippen molar-refractivity contribution in [3.8, 4) is 0 Å². The predicted molar refractivity (Wildman–Crippen MR) is 93.8 cm³/mol. The number of halogens is 1. The minimum Gasteiger partial charge on any atom is -0.377 e. The Kier molecular flexibility index (Phi) is 3.34. The number of aromatic nitrogens is 1. The van der Waals surface area contributed by atoms with E-state index in [9.17, 15) is 0 Å². The molecule has 1 aromatic heterocycles. The standard InChI is InChI=1S/C19H19ClN2/c1-12-5-10-17-16(11-12)15-3-2-4-18(19(15)22-17)21-14-8-6-13(20)7-9-14/h5-11,18,21-22H,2-4H2,1H3/t18-/m0/s1. The first-order chi connectivity index (χ1) is 10.7. The highest BCUT2D eigenvalue weighted by molar-refractivity contribution is 6.30. The van der Waals surface area contributed by atoms with Crippen LogP contribution in [-0.4, -0.2) is 4.98 Å². The van der Waals surface area contributed by atoms with Gasteiger partial charge in [0.1, 0.15) is 0 Å². The Morgan fingerprint density at radius 2 is 1.95 bits per heavy atom. The smallest absolute Gasteiger partial charge is 0.0666 e. The third-order valence-electron chi connectivity index (χ3n) is 4.55. The maximum atomic E-state index is 5.97. The van der Waals surface area contributed by atoms with Crippen LogP contribution in [0.1, 0.15) is 35.7 Å². The zero-order chi connectivity index (χ0) is 15.1. The number of hydrogen-bond donors (Lipinski definition) is 2. The lowest BCUT2D eigenvalue weighted by Gasteiger charge is -2.25. The molecule has 0 unspecified atom stereocenters. The molecule has 0 bridgehead atoms. The van der Waals surface area contributed by atoms with Crippen molar-refractivity contribution in [2.75, 3.05) is 5.32 Å². The average Bonchev–Trinajstić information content (AvgIpc) is 2.89. The van der Waals surface area contributed by atoms with Gasteiger partial charge in [0.05, 0.1) is 6.04 Å². The van der Waals surface area contributed by atoms with Crippen LogP contribution in [0, 0.1) is 6.92 Å². The number of nitrogens with one attached hydrogen (secondary N) is 2. The zero-order valence-corrected chi connectivity index (χ0v) is 13.4. The summed E-state index contributed by atoms with van der Waals surface area (Å²) in [6.07, 6.45) is 3.54. The van der Waals surface area contributed by atoms with Gasteiger partial charge in [-0.15, -0.1) is 0 Å². The largest absolute Gasteiger partial charge is 0.377 e. The normalized spacial score (nSPS) is 17.5. The molecule has 2 N–H and O–H groups in total. The van der Waals surface area contributed by atoms with Crippen LogP contribution in [0.5, 0.6) is 0 Å². The minimum atomic E-state index is 0.345. The summed E-state index contributed by atoms with van der Waals surface area (Å²) in [6.45, 7) is 2.16. The maximum Gasteiger partial charge on any atom is 0.0666 e. The molecule has 1 heterocycles. The van der Waals surface area contributed by atoms with Gasteiger partial charge in [-0.1, -0.05) is 23.2 Å². The van der Waals surface area contributed by atoms with Gasteiger partial charge in [-0.3, -0.25) is 0 Å². The van der Waals surface area contributed by atoms with Crippen LogP contribution in [-0.2, 0) is 6.42 Å². The summed E-state index contributed by atoms with van der Waals surface area (Å²) in [6, 6.07) is 15.0. The van der Waals surface area contributed by atoms with Crippen LogP contribution in [0.3, 0.4) is 0 Å². The van der Waals surface area contributed by atoms with Gasteiger partial charge in [0.25, 0.3) is 0 Å². The van der Waals surface area contributed by atoms with Crippen LogP contribution < -0.4 is 5.32 Å². The third kappa shape index (κ3) is 2.38. The molecule has 0 fully saturated rings. The lowest BCUT2D eigenvalue weighted by Crippen LogP contribution is -2.17. The monoisotopic (exact) mass is 310 g/mol. The van der Waals surface area contributed by atoms with E-state index in [4.69, 9.17) is 11.6 Å². The number of aryl methyl sites for hydroxylation is 2. The molecule has 0 amide bonds. The molecule has 0 radical (unpaired) electrons. The van der Waals surface area contributed by atoms with Crippen molar-refractivity contribution in [1.82, 2.24) is 4.98 Å². The zero-order valence-electron chi connectivity index (χ0n) is 12.6. The number of H-pyrrole nitrogens is 1. The van der Waals surface area contributed by atoms with Crippen molar-refractivity contribution in [3.05, 3.63) is 64.3 Å². The molecule has 1 aliphatic rings. The van der Waals surface area contributed by atoms with Gasteiger partial charge in [0.15, 0.2) is 0 Å². The Morgan fingerprint density at radius 3 is 2.77 bits per heavy atom. The summed E-state index contributed by atoms with van der Waals surface area (Å²) in [5.41, 5.74) is 6.53. The molecule has 1 atom stereocenters. The van der Waals surface area contributed by atoms with E-state index in [1.165, 1.54) is 34.1 Å². The molecule has 22 heavy (non-hydrogen) atoms. The lowest BCUT2D eigenvalue weighted by molar-refractivity contribution is 0.593. The van der Waals surface area contributed by atoms with Crippen molar-refractivity contribution in [1.29, 1.82) is 0 Å². The topological polar surface area (TPSA) is 27.8 Å². The Labute approximate surface area is 135 Å². The molecule has 3 heteroatoms. The van der Waals surface area contributed by atoms with E-state index >= 15 is 0 Å². The molecular weight excluding hydrogens is 292 g/mol. The molecule has 0 saturated carbocycles. The van der Waals surface area contributed by atoms with Gasteiger partial charge >= 0.3 is 0 Å². The van der Waals surface area contributed by atoms with E-state index in [1.54, 1.807) is 0 Å². The van der Waals surface area contributed by atoms with Crippen LogP contribution in [0.4, 0.5) is 5.69 Å². The number of benzene rings is 2. The van der Waals surface area contributed by atoms with E-state index in [1.807, 2.05) is 24.3 Å². The number of anilines is 1. The molecule has 4 rings (SSSR count). The van der Waals surface area contributed by atoms with Crippen molar-refractivity contribution in [3.63, 3.8) is 0 Å². The number of rotatable bonds is 2. The molecule has 112 valence electrons. The summed E-state index contributed by atoms with van der Waals surface area (Å²) in [5.74, 6) is 0. The molecule has 0 spiro atoms. The summed E-state index contributed by atoms with van der Waals surface area (Å²) < 4.78 is 0. The quantitative estimate of drug-likeness (QED) is 0.631. The summed E-state index contributed by atoms with van der Waals surface area (Å²) in [4.78, 5) is 3.64. The van der Waals surface area contributed by atoms with Crippen LogP contribution in [0.25, 0.3) is 10.9 Å². The van der Waals surface area contributed by atoms with Crippen molar-refractivity contribution in [2.45, 2.75) is 32.2 Å². The average molecular weight is 311 g/mol. The van der Waals surface area contributed by atoms with Gasteiger partial charge < -0.3 is 10.3 Å². The van der Waals surface area contributed by atoms with E-state index < -0.39 is 0 Å². The van der Waals surface area contributed by atoms with E-state index in [0.717, 1.165) is 23.6 Å². The SMILES string of the molecule is Cc1ccc2[nH]c3c(c2c1)CCC[C@@H]3Nc1ccc(Cl)cc1. The second kappa shape index (κ2) is 5.36. The van der Waals surface area contributed by atoms with Crippen molar-refractivity contribution in [2.24, 2.45) is 0 Å². The highest BCUT2D eigenvalue weighted by atomic mass is 35.5. The Morgan fingerprint density at radius 1 is 1.14 bits per heavy atom. The van der Waals surface area contributed by atoms with E-state index in [-0.39, 0.29) is 0 Å². The van der Waals surface area contributed by atoms with Crippen LogP contribution in [0.15, 0.2) is 42.5 Å². The summed E-state index contributed by atoms with van der Waals surface area (Å²) >= 11 is 5.97. The fourth-order valence-electron chi connectivity index (χ4n) is 3.47. The van der Waals surface area contributed by atoms with Gasteiger partial charge in [-0.2, -0.15) is 0 Å². The minimum absolute atomic E-state index is 0.345. The Hall–Kier alpha value is -1.93. The molecule has 0 aliphatic heterocycles. The van der Waals surface area contributed by atoms with Gasteiger partial charge in [0.2, 0.25) is 0 Å². The lowest BCUT2D eigenvalue weighted by atomic mass is 9.91. The van der Waals surface area contributed by atoms with Gasteiger partial charge in [-0.05, 0) is 68.1 Å². The predicted octanol–water partition coefficient (Wildman–Crippen LogP) is 5.62. The molecule has 0 saturated heterocycles. The number of hydrogen-bond acceptors (Lipinski definition) is 1. The molecule has 1 aliphatic carbocycles. The first-order valence-corrected chi connectivity index (χ1v) is 8.22. The molecule has 2 nitrogen and oxygen atoms in total. The highest BCUT2D eigenvalue weighted by Crippen LogP contribution is 2.36. The van der Waals surface area contributed by atoms with E-state index in [2.05, 4.69) is 35.4 Å². The summed E-state index contributed by atoms with van der Waals surface area (Å²) in [7, 11) is 0. The van der Waals surface area contributed by atoms with Crippen molar-refractivity contribution < 1.29 is 0 Å². The second-order valence-electron chi connectivity index (χ2n) is 6.16. The number of fused-ring (bicyclic) bond motifs is 3. The third-order valence-corrected chi connectivity index (χ3v) is 4.80. The first kappa shape index (κ1) is 13.7. The number of aromatic amines is 1. The first-order valence-electron chi connectivity index (χ1n) is 7.84.